The summed E-state index contributed by atoms with van der Waals surface area (Å²) in [5.41, 5.74) is 3.22. The highest BCUT2D eigenvalue weighted by molar-refractivity contribution is 5.77. The molecule has 1 fully saturated rings. The zero-order valence-corrected chi connectivity index (χ0v) is 16.1. The average Bonchev–Trinajstić information content (AvgIpc) is 3.33. The number of carbonyl (C=O) groups excluding carboxylic acids is 1. The number of amides is 1. The lowest BCUT2D eigenvalue weighted by Gasteiger charge is -2.16. The van der Waals surface area contributed by atoms with Gasteiger partial charge in [-0.05, 0) is 31.4 Å². The molecule has 3 heterocycles. The van der Waals surface area contributed by atoms with Gasteiger partial charge in [0.25, 0.3) is 5.56 Å². The Hall–Kier alpha value is -3.09. The standard InChI is InChI=1S/C21H24N4O3/c1-14-11-21(27)25-19(22-14)12-17(23-25)16-9-10-24(13-16)20(26)8-7-15-5-3-4-6-18(15)28-2/h3-6,11-12,16,23H,7-10,13H2,1-2H3. The van der Waals surface area contributed by atoms with Crippen LogP contribution in [-0.2, 0) is 11.2 Å². The average molecular weight is 380 g/mol. The Morgan fingerprint density at radius 3 is 2.96 bits per heavy atom. The van der Waals surface area contributed by atoms with Crippen molar-refractivity contribution in [3.05, 3.63) is 63.7 Å². The van der Waals surface area contributed by atoms with Crippen molar-refractivity contribution in [2.24, 2.45) is 0 Å². The number of nitrogens with one attached hydrogen (secondary N) is 1. The number of hydrogen-bond donors (Lipinski definition) is 1. The van der Waals surface area contributed by atoms with E-state index in [0.29, 0.717) is 30.7 Å². The van der Waals surface area contributed by atoms with E-state index >= 15 is 0 Å². The molecule has 1 amide bonds. The maximum Gasteiger partial charge on any atom is 0.272 e. The van der Waals surface area contributed by atoms with Gasteiger partial charge in [-0.15, -0.1) is 0 Å². The van der Waals surface area contributed by atoms with Crippen LogP contribution in [0.15, 0.2) is 41.2 Å². The number of methoxy groups -OCH3 is 1. The maximum absolute atomic E-state index is 12.7. The van der Waals surface area contributed by atoms with Crippen LogP contribution in [0.4, 0.5) is 0 Å². The first-order chi connectivity index (χ1) is 13.5. The Balaban J connectivity index is 1.42. The van der Waals surface area contributed by atoms with Crippen molar-refractivity contribution in [1.29, 1.82) is 0 Å². The molecule has 0 spiro atoms. The van der Waals surface area contributed by atoms with Gasteiger partial charge in [-0.25, -0.2) is 9.50 Å². The van der Waals surface area contributed by atoms with E-state index in [1.807, 2.05) is 42.2 Å². The summed E-state index contributed by atoms with van der Waals surface area (Å²) in [6, 6.07) is 11.2. The van der Waals surface area contributed by atoms with E-state index in [9.17, 15) is 9.59 Å². The third kappa shape index (κ3) is 3.52. The first kappa shape index (κ1) is 18.3. The van der Waals surface area contributed by atoms with Crippen LogP contribution in [0, 0.1) is 6.92 Å². The molecule has 146 valence electrons. The number of aryl methyl sites for hydroxylation is 2. The number of carbonyl (C=O) groups is 1. The number of benzene rings is 1. The summed E-state index contributed by atoms with van der Waals surface area (Å²) in [5, 5.41) is 3.15. The lowest BCUT2D eigenvalue weighted by molar-refractivity contribution is -0.130. The fraction of sp³-hybridized carbons (Fsp3) is 0.381. The largest absolute Gasteiger partial charge is 0.496 e. The molecule has 0 saturated carbocycles. The summed E-state index contributed by atoms with van der Waals surface area (Å²) >= 11 is 0. The van der Waals surface area contributed by atoms with E-state index in [0.717, 1.165) is 30.0 Å². The third-order valence-electron chi connectivity index (χ3n) is 5.38. The van der Waals surface area contributed by atoms with Crippen LogP contribution in [-0.4, -0.2) is 45.6 Å². The van der Waals surface area contributed by atoms with Gasteiger partial charge < -0.3 is 9.64 Å². The van der Waals surface area contributed by atoms with Crippen molar-refractivity contribution in [2.45, 2.75) is 32.1 Å². The number of para-hydroxylation sites is 1. The molecule has 3 aromatic rings. The van der Waals surface area contributed by atoms with Crippen LogP contribution in [0.5, 0.6) is 5.75 Å². The second kappa shape index (κ2) is 7.50. The van der Waals surface area contributed by atoms with E-state index in [1.165, 1.54) is 10.6 Å². The van der Waals surface area contributed by atoms with Crippen LogP contribution in [0.2, 0.25) is 0 Å². The minimum Gasteiger partial charge on any atom is -0.496 e. The molecule has 1 saturated heterocycles. The highest BCUT2D eigenvalue weighted by atomic mass is 16.5. The van der Waals surface area contributed by atoms with E-state index in [2.05, 4.69) is 10.1 Å². The van der Waals surface area contributed by atoms with Gasteiger partial charge in [0, 0.05) is 48.9 Å². The van der Waals surface area contributed by atoms with Crippen molar-refractivity contribution in [2.75, 3.05) is 20.2 Å². The van der Waals surface area contributed by atoms with Crippen molar-refractivity contribution in [1.82, 2.24) is 19.5 Å². The molecular formula is C21H24N4O3. The Kier molecular flexibility index (Phi) is 4.90. The number of likely N-dealkylation sites (tertiary alicyclic amines) is 1. The summed E-state index contributed by atoms with van der Waals surface area (Å²) in [7, 11) is 1.65. The van der Waals surface area contributed by atoms with E-state index in [1.54, 1.807) is 7.11 Å². The molecule has 7 heteroatoms. The van der Waals surface area contributed by atoms with Gasteiger partial charge in [-0.1, -0.05) is 18.2 Å². The van der Waals surface area contributed by atoms with Crippen LogP contribution >= 0.6 is 0 Å². The van der Waals surface area contributed by atoms with Gasteiger partial charge in [-0.2, -0.15) is 0 Å². The number of rotatable bonds is 5. The maximum atomic E-state index is 12.7. The topological polar surface area (TPSA) is 79.7 Å². The van der Waals surface area contributed by atoms with Gasteiger partial charge >= 0.3 is 0 Å². The van der Waals surface area contributed by atoms with E-state index in [-0.39, 0.29) is 17.4 Å². The molecule has 1 atom stereocenters. The van der Waals surface area contributed by atoms with Gasteiger partial charge in [0.05, 0.1) is 7.11 Å². The van der Waals surface area contributed by atoms with Gasteiger partial charge in [0.1, 0.15) is 5.75 Å². The molecule has 1 unspecified atom stereocenters. The van der Waals surface area contributed by atoms with Crippen LogP contribution in [0.25, 0.3) is 5.65 Å². The number of hydrogen-bond acceptors (Lipinski definition) is 4. The fourth-order valence-corrected chi connectivity index (χ4v) is 3.89. The number of fused-ring (bicyclic) bond motifs is 1. The molecule has 1 aliphatic heterocycles. The fourth-order valence-electron chi connectivity index (χ4n) is 3.89. The predicted molar refractivity (Wildman–Crippen MR) is 106 cm³/mol. The van der Waals surface area contributed by atoms with Crippen LogP contribution < -0.4 is 10.3 Å². The first-order valence-corrected chi connectivity index (χ1v) is 9.54. The summed E-state index contributed by atoms with van der Waals surface area (Å²) in [6.45, 7) is 3.20. The predicted octanol–water partition coefficient (Wildman–Crippen LogP) is 2.29. The Labute approximate surface area is 162 Å². The number of aromatic nitrogens is 3. The highest BCUT2D eigenvalue weighted by Gasteiger charge is 2.28. The number of H-pyrrole nitrogens is 1. The number of aromatic amines is 1. The normalized spacial score (nSPS) is 16.6. The quantitative estimate of drug-likeness (QED) is 0.737. The summed E-state index contributed by atoms with van der Waals surface area (Å²) in [6.07, 6.45) is 2.00. The van der Waals surface area contributed by atoms with Gasteiger partial charge in [-0.3, -0.25) is 14.7 Å². The minimum atomic E-state index is -0.114. The van der Waals surface area contributed by atoms with Crippen LogP contribution in [0.1, 0.15) is 35.7 Å². The summed E-state index contributed by atoms with van der Waals surface area (Å²) in [4.78, 5) is 31.1. The lowest BCUT2D eigenvalue weighted by atomic mass is 10.1. The van der Waals surface area contributed by atoms with E-state index in [4.69, 9.17) is 4.74 Å². The molecule has 1 aliphatic rings. The smallest absolute Gasteiger partial charge is 0.272 e. The lowest BCUT2D eigenvalue weighted by Crippen LogP contribution is -2.28. The second-order valence-corrected chi connectivity index (χ2v) is 7.28. The monoisotopic (exact) mass is 380 g/mol. The molecule has 28 heavy (non-hydrogen) atoms. The Morgan fingerprint density at radius 1 is 1.32 bits per heavy atom. The van der Waals surface area contributed by atoms with Crippen LogP contribution in [0.3, 0.4) is 0 Å². The molecule has 0 bridgehead atoms. The highest BCUT2D eigenvalue weighted by Crippen LogP contribution is 2.27. The zero-order chi connectivity index (χ0) is 19.7. The number of nitrogens with zero attached hydrogens (tertiary/aromatic N) is 3. The molecular weight excluding hydrogens is 356 g/mol. The SMILES string of the molecule is COc1ccccc1CCC(=O)N1CCC(c2cc3nc(C)cc(=O)n3[nH]2)C1. The van der Waals surface area contributed by atoms with E-state index < -0.39 is 0 Å². The summed E-state index contributed by atoms with van der Waals surface area (Å²) < 4.78 is 6.83. The molecule has 1 aromatic carbocycles. The van der Waals surface area contributed by atoms with Crippen molar-refractivity contribution >= 4 is 11.6 Å². The minimum absolute atomic E-state index is 0.114. The van der Waals surface area contributed by atoms with Crippen molar-refractivity contribution < 1.29 is 9.53 Å². The molecule has 2 aromatic heterocycles. The molecule has 4 rings (SSSR count). The molecule has 1 N–H and O–H groups in total. The number of ether oxygens (including phenoxy) is 1. The molecule has 0 aliphatic carbocycles. The Morgan fingerprint density at radius 2 is 2.14 bits per heavy atom. The van der Waals surface area contributed by atoms with Crippen molar-refractivity contribution in [3.63, 3.8) is 0 Å². The first-order valence-electron chi connectivity index (χ1n) is 9.54. The molecule has 7 nitrogen and oxygen atoms in total. The molecule has 0 radical (unpaired) electrons. The second-order valence-electron chi connectivity index (χ2n) is 7.28. The third-order valence-corrected chi connectivity index (χ3v) is 5.38. The Bertz CT molecular complexity index is 1070. The van der Waals surface area contributed by atoms with Gasteiger partial charge in [0.15, 0.2) is 5.65 Å². The van der Waals surface area contributed by atoms with Crippen molar-refractivity contribution in [3.8, 4) is 5.75 Å². The zero-order valence-electron chi connectivity index (χ0n) is 16.1. The van der Waals surface area contributed by atoms with Gasteiger partial charge in [0.2, 0.25) is 5.91 Å². The summed E-state index contributed by atoms with van der Waals surface area (Å²) in [5.74, 6) is 1.16.